The Morgan fingerprint density at radius 1 is 1.40 bits per heavy atom. The van der Waals surface area contributed by atoms with Crippen molar-refractivity contribution in [2.24, 2.45) is 5.92 Å². The lowest BCUT2D eigenvalue weighted by Crippen LogP contribution is -2.33. The van der Waals surface area contributed by atoms with Crippen molar-refractivity contribution in [2.45, 2.75) is 15.6 Å². The highest BCUT2D eigenvalue weighted by Crippen LogP contribution is 2.53. The smallest absolute Gasteiger partial charge is 0.274 e. The molecule has 0 aromatic heterocycles. The van der Waals surface area contributed by atoms with Crippen LogP contribution in [0.4, 0.5) is 5.69 Å². The van der Waals surface area contributed by atoms with Crippen LogP contribution in [0.2, 0.25) is 0 Å². The van der Waals surface area contributed by atoms with Crippen LogP contribution in [0.1, 0.15) is 6.42 Å². The van der Waals surface area contributed by atoms with Crippen molar-refractivity contribution < 1.29 is 18.1 Å². The van der Waals surface area contributed by atoms with Gasteiger partial charge in [0.2, 0.25) is 5.91 Å². The average molecular weight is 339 g/mol. The molecule has 1 atom stereocenters. The van der Waals surface area contributed by atoms with Crippen LogP contribution in [0, 0.1) is 16.0 Å². The molecule has 0 radical (unpaired) electrons. The molecule has 1 aromatic carbocycles. The molecule has 10 heteroatoms. The van der Waals surface area contributed by atoms with Crippen molar-refractivity contribution in [1.29, 1.82) is 0 Å². The molecule has 1 aromatic rings. The average Bonchev–Trinajstić information content (AvgIpc) is 2.98. The van der Waals surface area contributed by atoms with Crippen molar-refractivity contribution in [1.82, 2.24) is 4.72 Å². The Morgan fingerprint density at radius 2 is 1.95 bits per heavy atom. The first-order valence-corrected chi connectivity index (χ1v) is 7.57. The highest BCUT2D eigenvalue weighted by atomic mass is 35.5. The van der Waals surface area contributed by atoms with E-state index in [4.69, 9.17) is 23.2 Å². The van der Waals surface area contributed by atoms with Gasteiger partial charge in [0, 0.05) is 6.07 Å². The van der Waals surface area contributed by atoms with Crippen LogP contribution in [-0.2, 0) is 14.8 Å². The minimum Gasteiger partial charge on any atom is -0.274 e. The number of nitro benzene ring substituents is 1. The summed E-state index contributed by atoms with van der Waals surface area (Å²) >= 11 is 11.3. The van der Waals surface area contributed by atoms with Crippen LogP contribution in [0.15, 0.2) is 29.2 Å². The van der Waals surface area contributed by atoms with Crippen LogP contribution < -0.4 is 4.72 Å². The number of hydrogen-bond acceptors (Lipinski definition) is 5. The SMILES string of the molecule is O=C(NS(=O)(=O)c1ccccc1[N+](=O)[O-])C1CC1(Cl)Cl. The van der Waals surface area contributed by atoms with E-state index in [1.54, 1.807) is 4.72 Å². The predicted molar refractivity (Wildman–Crippen MR) is 71.0 cm³/mol. The molecule has 1 amide bonds. The van der Waals surface area contributed by atoms with Crippen molar-refractivity contribution in [3.8, 4) is 0 Å². The van der Waals surface area contributed by atoms with Gasteiger partial charge in [-0.1, -0.05) is 12.1 Å². The number of sulfonamides is 1. The molecule has 0 bridgehead atoms. The third kappa shape index (κ3) is 2.87. The molecule has 1 aliphatic rings. The first-order chi connectivity index (χ1) is 9.15. The van der Waals surface area contributed by atoms with Crippen LogP contribution in [0.3, 0.4) is 0 Å². The molecule has 1 N–H and O–H groups in total. The molecule has 2 rings (SSSR count). The second-order valence-corrected chi connectivity index (χ2v) is 7.41. The van der Waals surface area contributed by atoms with Crippen LogP contribution in [0.25, 0.3) is 0 Å². The van der Waals surface area contributed by atoms with Gasteiger partial charge < -0.3 is 0 Å². The Kier molecular flexibility index (Phi) is 3.66. The first-order valence-electron chi connectivity index (χ1n) is 5.33. The number of nitrogens with zero attached hydrogens (tertiary/aromatic N) is 1. The molecule has 0 aliphatic heterocycles. The highest BCUT2D eigenvalue weighted by molar-refractivity contribution is 7.90. The molecular weight excluding hydrogens is 331 g/mol. The molecule has 20 heavy (non-hydrogen) atoms. The molecule has 1 fully saturated rings. The maximum atomic E-state index is 12.0. The van der Waals surface area contributed by atoms with Gasteiger partial charge in [0.25, 0.3) is 15.7 Å². The standard InChI is InChI=1S/C10H8Cl2N2O5S/c11-10(12)5-6(10)9(15)13-20(18,19)8-4-2-1-3-7(8)14(16)17/h1-4,6H,5H2,(H,13,15). The van der Waals surface area contributed by atoms with Gasteiger partial charge in [0.15, 0.2) is 4.90 Å². The van der Waals surface area contributed by atoms with E-state index in [0.29, 0.717) is 0 Å². The van der Waals surface area contributed by atoms with E-state index >= 15 is 0 Å². The fourth-order valence-electron chi connectivity index (χ4n) is 1.59. The maximum Gasteiger partial charge on any atom is 0.289 e. The summed E-state index contributed by atoms with van der Waals surface area (Å²) < 4.78 is 24.4. The Hall–Kier alpha value is -1.38. The minimum absolute atomic E-state index is 0.133. The summed E-state index contributed by atoms with van der Waals surface area (Å²) in [5.74, 6) is -1.73. The summed E-state index contributed by atoms with van der Waals surface area (Å²) in [4.78, 5) is 21.0. The van der Waals surface area contributed by atoms with Gasteiger partial charge in [-0.3, -0.25) is 14.9 Å². The van der Waals surface area contributed by atoms with E-state index in [0.717, 1.165) is 12.1 Å². The maximum absolute atomic E-state index is 12.0. The quantitative estimate of drug-likeness (QED) is 0.509. The summed E-state index contributed by atoms with van der Waals surface area (Å²) in [5, 5.41) is 10.8. The molecule has 1 saturated carbocycles. The van der Waals surface area contributed by atoms with Gasteiger partial charge in [-0.25, -0.2) is 13.1 Å². The van der Waals surface area contributed by atoms with E-state index in [-0.39, 0.29) is 6.42 Å². The second-order valence-electron chi connectivity index (χ2n) is 4.21. The Bertz CT molecular complexity index is 689. The number of halogens is 2. The Labute approximate surface area is 124 Å². The van der Waals surface area contributed by atoms with Crippen molar-refractivity contribution in [2.75, 3.05) is 0 Å². The predicted octanol–water partition coefficient (Wildman–Crippen LogP) is 1.59. The number of rotatable bonds is 4. The Morgan fingerprint density at radius 3 is 2.45 bits per heavy atom. The fraction of sp³-hybridized carbons (Fsp3) is 0.300. The van der Waals surface area contributed by atoms with Gasteiger partial charge >= 0.3 is 0 Å². The normalized spacial score (nSPS) is 20.2. The number of hydrogen-bond donors (Lipinski definition) is 1. The van der Waals surface area contributed by atoms with Crippen molar-refractivity contribution >= 4 is 44.8 Å². The molecule has 1 unspecified atom stereocenters. The minimum atomic E-state index is -4.35. The van der Waals surface area contributed by atoms with Gasteiger partial charge in [0.05, 0.1) is 10.8 Å². The third-order valence-electron chi connectivity index (χ3n) is 2.73. The van der Waals surface area contributed by atoms with Gasteiger partial charge in [-0.15, -0.1) is 23.2 Å². The molecule has 7 nitrogen and oxygen atoms in total. The van der Waals surface area contributed by atoms with E-state index in [2.05, 4.69) is 0 Å². The second kappa shape index (κ2) is 4.87. The van der Waals surface area contributed by atoms with Crippen molar-refractivity contribution in [3.63, 3.8) is 0 Å². The topological polar surface area (TPSA) is 106 Å². The van der Waals surface area contributed by atoms with Crippen molar-refractivity contribution in [3.05, 3.63) is 34.4 Å². The van der Waals surface area contributed by atoms with Crippen LogP contribution in [0.5, 0.6) is 0 Å². The summed E-state index contributed by atoms with van der Waals surface area (Å²) in [6.07, 6.45) is 0.133. The number of para-hydroxylation sites is 1. The highest BCUT2D eigenvalue weighted by Gasteiger charge is 2.57. The summed E-state index contributed by atoms with van der Waals surface area (Å²) in [5.41, 5.74) is -0.619. The van der Waals surface area contributed by atoms with E-state index in [1.807, 2.05) is 0 Å². The van der Waals surface area contributed by atoms with Crippen LogP contribution in [-0.4, -0.2) is 23.6 Å². The lowest BCUT2D eigenvalue weighted by molar-refractivity contribution is -0.387. The van der Waals surface area contributed by atoms with Gasteiger partial charge in [0.1, 0.15) is 4.33 Å². The van der Waals surface area contributed by atoms with Crippen LogP contribution >= 0.6 is 23.2 Å². The number of carbonyl (C=O) groups excluding carboxylic acids is 1. The largest absolute Gasteiger partial charge is 0.289 e. The fourth-order valence-corrected chi connectivity index (χ4v) is 3.29. The molecule has 0 heterocycles. The lowest BCUT2D eigenvalue weighted by Gasteiger charge is -2.07. The summed E-state index contributed by atoms with van der Waals surface area (Å²) in [7, 11) is -4.35. The van der Waals surface area contributed by atoms with Gasteiger partial charge in [-0.05, 0) is 12.5 Å². The van der Waals surface area contributed by atoms with E-state index in [1.165, 1.54) is 12.1 Å². The number of benzene rings is 1. The molecular formula is C10H8Cl2N2O5S. The third-order valence-corrected chi connectivity index (χ3v) is 4.96. The first kappa shape index (κ1) is 15.0. The number of amides is 1. The zero-order chi connectivity index (χ0) is 15.1. The van der Waals surface area contributed by atoms with Gasteiger partial charge in [-0.2, -0.15) is 0 Å². The number of carbonyl (C=O) groups is 1. The molecule has 0 spiro atoms. The molecule has 1 aliphatic carbocycles. The monoisotopic (exact) mass is 338 g/mol. The van der Waals surface area contributed by atoms with E-state index < -0.39 is 41.7 Å². The summed E-state index contributed by atoms with van der Waals surface area (Å²) in [6, 6.07) is 4.71. The molecule has 108 valence electrons. The van der Waals surface area contributed by atoms with E-state index in [9.17, 15) is 23.3 Å². The number of nitro groups is 1. The molecule has 0 saturated heterocycles. The lowest BCUT2D eigenvalue weighted by atomic mass is 10.3. The number of alkyl halides is 2. The zero-order valence-electron chi connectivity index (χ0n) is 9.75. The zero-order valence-corrected chi connectivity index (χ0v) is 12.1. The number of nitrogens with one attached hydrogen (secondary N) is 1. The summed E-state index contributed by atoms with van der Waals surface area (Å²) in [6.45, 7) is 0. The Balaban J connectivity index is 2.28.